The molecular weight excluding hydrogens is 468 g/mol. The van der Waals surface area contributed by atoms with Crippen LogP contribution in [0.2, 0.25) is 5.02 Å². The first-order valence-corrected chi connectivity index (χ1v) is 12.9. The van der Waals surface area contributed by atoms with Gasteiger partial charge in [-0.2, -0.15) is 9.40 Å². The van der Waals surface area contributed by atoms with E-state index in [9.17, 15) is 13.2 Å². The maximum atomic E-state index is 13.0. The third-order valence-corrected chi connectivity index (χ3v) is 8.52. The van der Waals surface area contributed by atoms with Crippen molar-refractivity contribution in [1.82, 2.24) is 14.1 Å². The lowest BCUT2D eigenvalue weighted by atomic mass is 10.0. The predicted octanol–water partition coefficient (Wildman–Crippen LogP) is 2.77. The Morgan fingerprint density at radius 3 is 2.58 bits per heavy atom. The zero-order valence-corrected chi connectivity index (χ0v) is 20.1. The molecule has 4 rings (SSSR count). The van der Waals surface area contributed by atoms with E-state index in [1.807, 2.05) is 0 Å². The highest BCUT2D eigenvalue weighted by molar-refractivity contribution is 7.89. The van der Waals surface area contributed by atoms with Crippen molar-refractivity contribution in [3.63, 3.8) is 0 Å². The molecule has 1 atom stereocenters. The largest absolute Gasteiger partial charge is 0.497 e. The van der Waals surface area contributed by atoms with Gasteiger partial charge in [0.25, 0.3) is 5.56 Å². The van der Waals surface area contributed by atoms with Gasteiger partial charge >= 0.3 is 0 Å². The van der Waals surface area contributed by atoms with Gasteiger partial charge in [0.15, 0.2) is 0 Å². The van der Waals surface area contributed by atoms with Crippen LogP contribution in [-0.4, -0.2) is 62.5 Å². The summed E-state index contributed by atoms with van der Waals surface area (Å²) in [7, 11) is -2.08. The van der Waals surface area contributed by atoms with Crippen LogP contribution in [0.25, 0.3) is 0 Å². The van der Waals surface area contributed by atoms with Crippen molar-refractivity contribution in [2.24, 2.45) is 5.92 Å². The molecule has 180 valence electrons. The number of hydrogen-bond donors (Lipinski definition) is 1. The molecule has 2 aromatic rings. The number of nitrogens with zero attached hydrogens (tertiary/aromatic N) is 3. The lowest BCUT2D eigenvalue weighted by Gasteiger charge is -2.31. The van der Waals surface area contributed by atoms with Gasteiger partial charge in [0.1, 0.15) is 10.8 Å². The van der Waals surface area contributed by atoms with Crippen LogP contribution in [0.1, 0.15) is 31.7 Å². The molecule has 1 N–H and O–H groups in total. The first kappa shape index (κ1) is 24.0. The highest BCUT2D eigenvalue weighted by Gasteiger charge is 2.31. The third-order valence-electron chi connectivity index (χ3n) is 6.25. The van der Waals surface area contributed by atoms with E-state index < -0.39 is 10.0 Å². The fourth-order valence-corrected chi connectivity index (χ4v) is 5.95. The van der Waals surface area contributed by atoms with Gasteiger partial charge in [0.05, 0.1) is 36.5 Å². The van der Waals surface area contributed by atoms with Crippen molar-refractivity contribution in [1.29, 1.82) is 0 Å². The summed E-state index contributed by atoms with van der Waals surface area (Å²) in [5, 5.41) is 7.66. The molecule has 2 aliphatic rings. The first-order valence-electron chi connectivity index (χ1n) is 11.1. The topological polar surface area (TPSA) is 103 Å². The molecule has 0 aliphatic carbocycles. The van der Waals surface area contributed by atoms with Crippen molar-refractivity contribution in [3.8, 4) is 5.75 Å². The average Bonchev–Trinajstić information content (AvgIpc) is 2.86. The van der Waals surface area contributed by atoms with Gasteiger partial charge in [-0.05, 0) is 55.9 Å². The Morgan fingerprint density at radius 1 is 1.21 bits per heavy atom. The minimum atomic E-state index is -3.61. The molecule has 0 unspecified atom stereocenters. The second kappa shape index (κ2) is 10.4. The number of rotatable bonds is 7. The summed E-state index contributed by atoms with van der Waals surface area (Å²) in [4.78, 5) is 13.1. The molecular formula is C22H29ClN4O5S. The van der Waals surface area contributed by atoms with E-state index >= 15 is 0 Å². The van der Waals surface area contributed by atoms with Gasteiger partial charge in [-0.3, -0.25) is 4.79 Å². The van der Waals surface area contributed by atoms with Gasteiger partial charge in [0.2, 0.25) is 10.0 Å². The van der Waals surface area contributed by atoms with Crippen LogP contribution < -0.4 is 15.6 Å². The molecule has 0 spiro atoms. The number of methoxy groups -OCH3 is 1. The maximum absolute atomic E-state index is 13.0. The molecule has 0 bridgehead atoms. The minimum Gasteiger partial charge on any atom is -0.497 e. The second-order valence-electron chi connectivity index (χ2n) is 8.40. The molecule has 0 amide bonds. The number of ether oxygens (including phenoxy) is 2. The lowest BCUT2D eigenvalue weighted by Crippen LogP contribution is -2.41. The number of piperidine rings is 1. The Hall–Kier alpha value is -2.14. The zero-order chi connectivity index (χ0) is 23.4. The molecule has 0 saturated carbocycles. The first-order chi connectivity index (χ1) is 15.9. The molecule has 33 heavy (non-hydrogen) atoms. The summed E-state index contributed by atoms with van der Waals surface area (Å²) in [5.41, 5.74) is 0.154. The molecule has 9 nitrogen and oxygen atoms in total. The van der Waals surface area contributed by atoms with E-state index in [2.05, 4.69) is 10.4 Å². The standard InChI is InChI=1S/C22H29ClN4O5S/c1-31-18-4-6-19(7-5-18)33(29,30)26-10-8-17(9-11-26)27-22(28)21(23)20(14-25-27)24-13-16-3-2-12-32-15-16/h4-7,14,16-17,24H,2-3,8-13,15H2,1H3/t16-/m1/s1. The van der Waals surface area contributed by atoms with E-state index in [0.717, 1.165) is 19.4 Å². The molecule has 2 saturated heterocycles. The van der Waals surface area contributed by atoms with Gasteiger partial charge in [-0.15, -0.1) is 0 Å². The monoisotopic (exact) mass is 496 g/mol. The van der Waals surface area contributed by atoms with Crippen LogP contribution in [0.3, 0.4) is 0 Å². The van der Waals surface area contributed by atoms with E-state index in [0.29, 0.717) is 56.4 Å². The molecule has 2 aliphatic heterocycles. The Morgan fingerprint density at radius 2 is 1.94 bits per heavy atom. The minimum absolute atomic E-state index is 0.106. The van der Waals surface area contributed by atoms with Crippen molar-refractivity contribution in [2.75, 3.05) is 45.3 Å². The Labute approximate surface area is 198 Å². The summed E-state index contributed by atoms with van der Waals surface area (Å²) >= 11 is 6.36. The van der Waals surface area contributed by atoms with Crippen LogP contribution in [0.4, 0.5) is 5.69 Å². The van der Waals surface area contributed by atoms with E-state index in [1.54, 1.807) is 18.3 Å². The number of anilines is 1. The SMILES string of the molecule is COc1ccc(S(=O)(=O)N2CCC(n3ncc(NC[C@H]4CCCOC4)c(Cl)c3=O)CC2)cc1. The Kier molecular flexibility index (Phi) is 7.58. The van der Waals surface area contributed by atoms with Crippen LogP contribution in [-0.2, 0) is 14.8 Å². The number of benzene rings is 1. The molecule has 2 fully saturated rings. The van der Waals surface area contributed by atoms with Crippen molar-refractivity contribution in [3.05, 3.63) is 45.8 Å². The second-order valence-corrected chi connectivity index (χ2v) is 10.7. The smallest absolute Gasteiger partial charge is 0.287 e. The summed E-state index contributed by atoms with van der Waals surface area (Å²) in [6.45, 7) is 2.77. The fraction of sp³-hybridized carbons (Fsp3) is 0.545. The number of aromatic nitrogens is 2. The summed E-state index contributed by atoms with van der Waals surface area (Å²) in [6.07, 6.45) is 4.64. The number of sulfonamides is 1. The van der Waals surface area contributed by atoms with Gasteiger partial charge in [0, 0.05) is 26.2 Å². The summed E-state index contributed by atoms with van der Waals surface area (Å²) in [5.74, 6) is 0.981. The molecule has 11 heteroatoms. The van der Waals surface area contributed by atoms with Gasteiger partial charge in [-0.25, -0.2) is 13.1 Å². The highest BCUT2D eigenvalue weighted by atomic mass is 35.5. The molecule has 1 aromatic heterocycles. The maximum Gasteiger partial charge on any atom is 0.287 e. The molecule has 1 aromatic carbocycles. The van der Waals surface area contributed by atoms with Crippen LogP contribution >= 0.6 is 11.6 Å². The number of hydrogen-bond acceptors (Lipinski definition) is 7. The summed E-state index contributed by atoms with van der Waals surface area (Å²) in [6, 6.07) is 6.12. The van der Waals surface area contributed by atoms with E-state index in [-0.39, 0.29) is 21.5 Å². The normalized spacial score (nSPS) is 20.5. The van der Waals surface area contributed by atoms with E-state index in [1.165, 1.54) is 28.2 Å². The van der Waals surface area contributed by atoms with Gasteiger partial charge in [-0.1, -0.05) is 11.6 Å². The highest BCUT2D eigenvalue weighted by Crippen LogP contribution is 2.27. The number of halogens is 1. The summed E-state index contributed by atoms with van der Waals surface area (Å²) < 4.78 is 39.3. The van der Waals surface area contributed by atoms with E-state index in [4.69, 9.17) is 21.1 Å². The van der Waals surface area contributed by atoms with Gasteiger partial charge < -0.3 is 14.8 Å². The lowest BCUT2D eigenvalue weighted by molar-refractivity contribution is 0.0595. The quantitative estimate of drug-likeness (QED) is 0.628. The van der Waals surface area contributed by atoms with Crippen LogP contribution in [0, 0.1) is 5.92 Å². The van der Waals surface area contributed by atoms with Crippen LogP contribution in [0.5, 0.6) is 5.75 Å². The van der Waals surface area contributed by atoms with Crippen molar-refractivity contribution >= 4 is 27.3 Å². The average molecular weight is 497 g/mol. The molecule has 0 radical (unpaired) electrons. The molecule has 3 heterocycles. The van der Waals surface area contributed by atoms with Crippen molar-refractivity contribution < 1.29 is 17.9 Å². The van der Waals surface area contributed by atoms with Crippen LogP contribution in [0.15, 0.2) is 40.2 Å². The predicted molar refractivity (Wildman–Crippen MR) is 126 cm³/mol. The Bertz CT molecular complexity index is 1110. The Balaban J connectivity index is 1.39. The third kappa shape index (κ3) is 5.34. The fourth-order valence-electron chi connectivity index (χ4n) is 4.27. The van der Waals surface area contributed by atoms with Crippen molar-refractivity contribution in [2.45, 2.75) is 36.6 Å². The number of nitrogens with one attached hydrogen (secondary N) is 1. The zero-order valence-electron chi connectivity index (χ0n) is 18.6.